The van der Waals surface area contributed by atoms with Gasteiger partial charge in [0.05, 0.1) is 0 Å². The van der Waals surface area contributed by atoms with Gasteiger partial charge >= 0.3 is 5.97 Å². The van der Waals surface area contributed by atoms with Crippen LogP contribution in [0.1, 0.15) is 20.3 Å². The number of hydrogen-bond donors (Lipinski definition) is 0. The zero-order valence-corrected chi connectivity index (χ0v) is 9.39. The van der Waals surface area contributed by atoms with Gasteiger partial charge in [0.25, 0.3) is 0 Å². The molecule has 74 valence electrons. The largest absolute Gasteiger partial charge is 0.461 e. The summed E-state index contributed by atoms with van der Waals surface area (Å²) in [7, 11) is 0. The van der Waals surface area contributed by atoms with Crippen LogP contribution in [0.25, 0.3) is 0 Å². The van der Waals surface area contributed by atoms with Crippen molar-refractivity contribution in [1.29, 1.82) is 0 Å². The third-order valence-corrected chi connectivity index (χ3v) is 2.16. The van der Waals surface area contributed by atoms with Gasteiger partial charge in [-0.25, -0.2) is 0 Å². The van der Waals surface area contributed by atoms with Crippen LogP contribution in [0.15, 0.2) is 11.6 Å². The average molecular weight is 249 g/mol. The molecule has 0 aromatic heterocycles. The predicted molar refractivity (Wildman–Crippen MR) is 53.8 cm³/mol. The monoisotopic (exact) mass is 248 g/mol. The number of esters is 1. The predicted octanol–water partition coefficient (Wildman–Crippen LogP) is 1.85. The maximum absolute atomic E-state index is 10.8. The zero-order valence-electron chi connectivity index (χ0n) is 7.80. The summed E-state index contributed by atoms with van der Waals surface area (Å²) in [6.45, 7) is 3.53. The summed E-state index contributed by atoms with van der Waals surface area (Å²) in [6.07, 6.45) is 1.66. The Morgan fingerprint density at radius 1 is 1.38 bits per heavy atom. The van der Waals surface area contributed by atoms with Crippen LogP contribution in [0, 0.1) is 0 Å². The van der Waals surface area contributed by atoms with E-state index in [0.717, 1.165) is 10.9 Å². The van der Waals surface area contributed by atoms with Gasteiger partial charge < -0.3 is 4.74 Å². The fourth-order valence-corrected chi connectivity index (χ4v) is 0.815. The smallest absolute Gasteiger partial charge is 0.313 e. The molecular formula is C9H13BrO3. The molecule has 0 amide bonds. The minimum atomic E-state index is -0.467. The molecule has 0 fully saturated rings. The van der Waals surface area contributed by atoms with Crippen LogP contribution in [0.3, 0.4) is 0 Å². The van der Waals surface area contributed by atoms with Crippen molar-refractivity contribution in [1.82, 2.24) is 0 Å². The second-order valence-electron chi connectivity index (χ2n) is 2.75. The van der Waals surface area contributed by atoms with Crippen molar-refractivity contribution < 1.29 is 14.3 Å². The van der Waals surface area contributed by atoms with Gasteiger partial charge in [0, 0.05) is 5.33 Å². The first kappa shape index (κ1) is 12.4. The highest BCUT2D eigenvalue weighted by Crippen LogP contribution is 1.97. The lowest BCUT2D eigenvalue weighted by Crippen LogP contribution is -2.08. The van der Waals surface area contributed by atoms with Crippen LogP contribution in [-0.2, 0) is 14.3 Å². The maximum atomic E-state index is 10.8. The molecule has 0 aliphatic rings. The van der Waals surface area contributed by atoms with Crippen LogP contribution in [0.5, 0.6) is 0 Å². The fraction of sp³-hybridized carbons (Fsp3) is 0.556. The standard InChI is InChI=1S/C9H13BrO3/c1-7(6-10)3-4-13-9(12)5-8(2)11/h3H,4-6H2,1-2H3. The number of hydrogen-bond acceptors (Lipinski definition) is 3. The Morgan fingerprint density at radius 2 is 2.00 bits per heavy atom. The minimum Gasteiger partial charge on any atom is -0.461 e. The Bertz CT molecular complexity index is 221. The Hall–Kier alpha value is -0.640. The third kappa shape index (κ3) is 7.71. The van der Waals surface area contributed by atoms with E-state index in [-0.39, 0.29) is 18.8 Å². The van der Waals surface area contributed by atoms with Gasteiger partial charge in [-0.15, -0.1) is 0 Å². The summed E-state index contributed by atoms with van der Waals surface area (Å²) >= 11 is 3.26. The number of ketones is 1. The molecule has 3 nitrogen and oxygen atoms in total. The highest BCUT2D eigenvalue weighted by molar-refractivity contribution is 9.09. The van der Waals surface area contributed by atoms with Crippen LogP contribution in [0.4, 0.5) is 0 Å². The third-order valence-electron chi connectivity index (χ3n) is 1.28. The number of halogens is 1. The molecular weight excluding hydrogens is 236 g/mol. The van der Waals surface area contributed by atoms with E-state index in [1.54, 1.807) is 6.08 Å². The van der Waals surface area contributed by atoms with Crippen molar-refractivity contribution >= 4 is 27.7 Å². The van der Waals surface area contributed by atoms with E-state index < -0.39 is 5.97 Å². The van der Waals surface area contributed by atoms with Gasteiger partial charge in [-0.2, -0.15) is 0 Å². The van der Waals surface area contributed by atoms with E-state index in [9.17, 15) is 9.59 Å². The van der Waals surface area contributed by atoms with Crippen molar-refractivity contribution in [3.63, 3.8) is 0 Å². The molecule has 0 rings (SSSR count). The lowest BCUT2D eigenvalue weighted by atomic mass is 10.3. The van der Waals surface area contributed by atoms with Gasteiger partial charge in [0.2, 0.25) is 0 Å². The molecule has 4 heteroatoms. The number of carbonyl (C=O) groups excluding carboxylic acids is 2. The quantitative estimate of drug-likeness (QED) is 0.323. The first-order valence-electron chi connectivity index (χ1n) is 3.93. The number of carbonyl (C=O) groups is 2. The maximum Gasteiger partial charge on any atom is 0.313 e. The Balaban J connectivity index is 3.65. The summed E-state index contributed by atoms with van der Waals surface area (Å²) in [5.74, 6) is -0.641. The average Bonchev–Trinajstić information content (AvgIpc) is 2.02. The lowest BCUT2D eigenvalue weighted by Gasteiger charge is -1.99. The zero-order chi connectivity index (χ0) is 10.3. The van der Waals surface area contributed by atoms with Gasteiger partial charge in [-0.1, -0.05) is 21.5 Å². The highest BCUT2D eigenvalue weighted by atomic mass is 79.9. The summed E-state index contributed by atoms with van der Waals surface area (Å²) in [6, 6.07) is 0. The van der Waals surface area contributed by atoms with Crippen molar-refractivity contribution in [3.05, 3.63) is 11.6 Å². The number of rotatable bonds is 5. The van der Waals surface area contributed by atoms with Crippen molar-refractivity contribution in [3.8, 4) is 0 Å². The van der Waals surface area contributed by atoms with Gasteiger partial charge in [-0.3, -0.25) is 9.59 Å². The minimum absolute atomic E-state index is 0.138. The van der Waals surface area contributed by atoms with Gasteiger partial charge in [0.15, 0.2) is 0 Å². The number of alkyl halides is 1. The molecule has 13 heavy (non-hydrogen) atoms. The molecule has 0 radical (unpaired) electrons. The molecule has 0 atom stereocenters. The summed E-state index contributed by atoms with van der Waals surface area (Å²) < 4.78 is 4.77. The molecule has 0 N–H and O–H groups in total. The topological polar surface area (TPSA) is 43.4 Å². The molecule has 0 aromatic rings. The molecule has 0 aromatic carbocycles. The molecule has 0 aliphatic carbocycles. The summed E-state index contributed by atoms with van der Waals surface area (Å²) in [4.78, 5) is 21.3. The van der Waals surface area contributed by atoms with Crippen molar-refractivity contribution in [2.24, 2.45) is 0 Å². The van der Waals surface area contributed by atoms with Crippen molar-refractivity contribution in [2.45, 2.75) is 20.3 Å². The Kier molecular flexibility index (Phi) is 6.49. The summed E-state index contributed by atoms with van der Waals surface area (Å²) in [5.41, 5.74) is 1.09. The number of allylic oxidation sites excluding steroid dienone is 1. The molecule has 0 saturated heterocycles. The second kappa shape index (κ2) is 6.83. The van der Waals surface area contributed by atoms with E-state index in [1.807, 2.05) is 6.92 Å². The fourth-order valence-electron chi connectivity index (χ4n) is 0.586. The summed E-state index contributed by atoms with van der Waals surface area (Å²) in [5, 5.41) is 0.761. The number of ether oxygens (including phenoxy) is 1. The van der Waals surface area contributed by atoms with E-state index >= 15 is 0 Å². The molecule has 0 aliphatic heterocycles. The van der Waals surface area contributed by atoms with E-state index in [0.29, 0.717) is 0 Å². The van der Waals surface area contributed by atoms with E-state index in [2.05, 4.69) is 15.9 Å². The number of Topliss-reactive ketones (excluding diaryl/α,β-unsaturated/α-hetero) is 1. The van der Waals surface area contributed by atoms with Crippen LogP contribution in [0.2, 0.25) is 0 Å². The van der Waals surface area contributed by atoms with Gasteiger partial charge in [-0.05, 0) is 19.9 Å². The SMILES string of the molecule is CC(=O)CC(=O)OCC=C(C)CBr. The first-order chi connectivity index (χ1) is 6.06. The molecule has 0 heterocycles. The molecule has 0 bridgehead atoms. The van der Waals surface area contributed by atoms with E-state index in [4.69, 9.17) is 4.74 Å². The molecule has 0 spiro atoms. The van der Waals surface area contributed by atoms with Gasteiger partial charge in [0.1, 0.15) is 18.8 Å². The van der Waals surface area contributed by atoms with Crippen LogP contribution >= 0.6 is 15.9 Å². The normalized spacial score (nSPS) is 11.2. The highest BCUT2D eigenvalue weighted by Gasteiger charge is 2.04. The molecule has 0 saturated carbocycles. The first-order valence-corrected chi connectivity index (χ1v) is 5.05. The van der Waals surface area contributed by atoms with Crippen LogP contribution < -0.4 is 0 Å². The Labute approximate surface area is 86.3 Å². The molecule has 0 unspecified atom stereocenters. The second-order valence-corrected chi connectivity index (χ2v) is 3.31. The van der Waals surface area contributed by atoms with Crippen LogP contribution in [-0.4, -0.2) is 23.7 Å². The van der Waals surface area contributed by atoms with E-state index in [1.165, 1.54) is 6.92 Å². The lowest BCUT2D eigenvalue weighted by molar-refractivity contribution is -0.144. The Morgan fingerprint density at radius 3 is 2.46 bits per heavy atom. The van der Waals surface area contributed by atoms with Crippen molar-refractivity contribution in [2.75, 3.05) is 11.9 Å².